The lowest BCUT2D eigenvalue weighted by Crippen LogP contribution is -2.19. The third-order valence-electron chi connectivity index (χ3n) is 3.12. The lowest BCUT2D eigenvalue weighted by atomic mass is 10.1. The summed E-state index contributed by atoms with van der Waals surface area (Å²) in [6, 6.07) is 5.57. The molecule has 0 radical (unpaired) electrons. The van der Waals surface area contributed by atoms with E-state index in [2.05, 4.69) is 28.5 Å². The van der Waals surface area contributed by atoms with E-state index in [0.29, 0.717) is 4.90 Å². The first-order valence-electron chi connectivity index (χ1n) is 7.17. The van der Waals surface area contributed by atoms with Gasteiger partial charge in [-0.3, -0.25) is 0 Å². The highest BCUT2D eigenvalue weighted by molar-refractivity contribution is 8.01. The standard InChI is InChI=1S/C15H20FN3S2/c1-4-8-17-10(3)11-6-7-13(12(16)9-11)20-15-18-14(5-2)19-21-15/h6-7,9-10,17H,4-5,8H2,1-3H3. The second-order valence-corrected chi connectivity index (χ2v) is 6.84. The topological polar surface area (TPSA) is 37.8 Å². The molecular formula is C15H20FN3S2. The zero-order chi connectivity index (χ0) is 15.2. The molecule has 0 aliphatic carbocycles. The molecule has 1 atom stereocenters. The molecule has 0 amide bonds. The molecule has 1 heterocycles. The Kier molecular flexibility index (Phi) is 6.14. The van der Waals surface area contributed by atoms with Crippen LogP contribution in [0.2, 0.25) is 0 Å². The van der Waals surface area contributed by atoms with Crippen LogP contribution < -0.4 is 5.32 Å². The maximum atomic E-state index is 14.2. The van der Waals surface area contributed by atoms with Crippen LogP contribution in [-0.2, 0) is 6.42 Å². The minimum atomic E-state index is -0.198. The van der Waals surface area contributed by atoms with Gasteiger partial charge in [-0.05, 0) is 49.1 Å². The van der Waals surface area contributed by atoms with Gasteiger partial charge in [0.25, 0.3) is 0 Å². The largest absolute Gasteiger partial charge is 0.310 e. The van der Waals surface area contributed by atoms with E-state index >= 15 is 0 Å². The molecule has 1 unspecified atom stereocenters. The van der Waals surface area contributed by atoms with Gasteiger partial charge in [-0.25, -0.2) is 9.37 Å². The second-order valence-electron chi connectivity index (χ2n) is 4.80. The summed E-state index contributed by atoms with van der Waals surface area (Å²) in [6.45, 7) is 7.11. The predicted molar refractivity (Wildman–Crippen MR) is 86.5 cm³/mol. The Balaban J connectivity index is 2.08. The minimum absolute atomic E-state index is 0.159. The number of benzene rings is 1. The summed E-state index contributed by atoms with van der Waals surface area (Å²) in [6.07, 6.45) is 1.87. The normalized spacial score (nSPS) is 12.6. The van der Waals surface area contributed by atoms with Crippen molar-refractivity contribution >= 4 is 23.3 Å². The number of nitrogens with zero attached hydrogens (tertiary/aromatic N) is 2. The van der Waals surface area contributed by atoms with Crippen LogP contribution in [0, 0.1) is 5.82 Å². The summed E-state index contributed by atoms with van der Waals surface area (Å²) in [5.74, 6) is 0.618. The number of aromatic nitrogens is 2. The summed E-state index contributed by atoms with van der Waals surface area (Å²) in [5.41, 5.74) is 0.969. The molecule has 3 nitrogen and oxygen atoms in total. The molecule has 1 aromatic heterocycles. The molecule has 0 fully saturated rings. The fourth-order valence-electron chi connectivity index (χ4n) is 1.86. The third kappa shape index (κ3) is 4.49. The van der Waals surface area contributed by atoms with Crippen LogP contribution in [0.15, 0.2) is 27.4 Å². The van der Waals surface area contributed by atoms with Crippen molar-refractivity contribution in [3.8, 4) is 0 Å². The van der Waals surface area contributed by atoms with E-state index < -0.39 is 0 Å². The molecule has 0 spiro atoms. The first kappa shape index (κ1) is 16.4. The summed E-state index contributed by atoms with van der Waals surface area (Å²) in [4.78, 5) is 4.95. The number of halogens is 1. The predicted octanol–water partition coefficient (Wildman–Crippen LogP) is 4.45. The summed E-state index contributed by atoms with van der Waals surface area (Å²) in [5, 5.41) is 3.36. The summed E-state index contributed by atoms with van der Waals surface area (Å²) < 4.78 is 19.2. The van der Waals surface area contributed by atoms with Crippen LogP contribution in [0.5, 0.6) is 0 Å². The molecule has 0 saturated carbocycles. The number of nitrogens with one attached hydrogen (secondary N) is 1. The van der Waals surface area contributed by atoms with Crippen molar-refractivity contribution in [3.05, 3.63) is 35.4 Å². The van der Waals surface area contributed by atoms with Crippen LogP contribution in [0.3, 0.4) is 0 Å². The molecule has 0 aliphatic rings. The first-order chi connectivity index (χ1) is 10.1. The Labute approximate surface area is 133 Å². The monoisotopic (exact) mass is 325 g/mol. The van der Waals surface area contributed by atoms with E-state index in [1.165, 1.54) is 23.3 Å². The van der Waals surface area contributed by atoms with E-state index in [9.17, 15) is 4.39 Å². The molecule has 1 aromatic carbocycles. The average molecular weight is 325 g/mol. The Morgan fingerprint density at radius 3 is 2.81 bits per heavy atom. The van der Waals surface area contributed by atoms with Crippen molar-refractivity contribution in [2.24, 2.45) is 0 Å². The van der Waals surface area contributed by atoms with Crippen LogP contribution >= 0.6 is 23.3 Å². The summed E-state index contributed by atoms with van der Waals surface area (Å²) >= 11 is 2.66. The summed E-state index contributed by atoms with van der Waals surface area (Å²) in [7, 11) is 0. The molecule has 0 aliphatic heterocycles. The number of aryl methyl sites for hydroxylation is 1. The SMILES string of the molecule is CCCNC(C)c1ccc(Sc2nc(CC)ns2)c(F)c1. The van der Waals surface area contributed by atoms with Crippen LogP contribution in [-0.4, -0.2) is 15.9 Å². The smallest absolute Gasteiger partial charge is 0.174 e. The number of hydrogen-bond acceptors (Lipinski definition) is 5. The minimum Gasteiger partial charge on any atom is -0.310 e. The average Bonchev–Trinajstić information content (AvgIpc) is 2.94. The van der Waals surface area contributed by atoms with Crippen LogP contribution in [0.25, 0.3) is 0 Å². The van der Waals surface area contributed by atoms with Gasteiger partial charge >= 0.3 is 0 Å². The highest BCUT2D eigenvalue weighted by Gasteiger charge is 2.12. The quantitative estimate of drug-likeness (QED) is 0.816. The lowest BCUT2D eigenvalue weighted by Gasteiger charge is -2.14. The van der Waals surface area contributed by atoms with Crippen LogP contribution in [0.1, 0.15) is 44.6 Å². The van der Waals surface area contributed by atoms with Gasteiger partial charge in [-0.1, -0.05) is 31.7 Å². The highest BCUT2D eigenvalue weighted by atomic mass is 32.2. The van der Waals surface area contributed by atoms with Crippen molar-refractivity contribution in [1.82, 2.24) is 14.7 Å². The zero-order valence-electron chi connectivity index (χ0n) is 12.5. The Bertz CT molecular complexity index is 586. The fraction of sp³-hybridized carbons (Fsp3) is 0.467. The Hall–Kier alpha value is -0.980. The van der Waals surface area contributed by atoms with Gasteiger partial charge in [-0.15, -0.1) is 0 Å². The van der Waals surface area contributed by atoms with E-state index in [4.69, 9.17) is 0 Å². The van der Waals surface area contributed by atoms with Crippen molar-refractivity contribution in [2.75, 3.05) is 6.54 Å². The van der Waals surface area contributed by atoms with Gasteiger partial charge < -0.3 is 5.32 Å². The molecule has 0 bridgehead atoms. The maximum absolute atomic E-state index is 14.2. The van der Waals surface area contributed by atoms with Crippen molar-refractivity contribution in [3.63, 3.8) is 0 Å². The van der Waals surface area contributed by atoms with Gasteiger partial charge in [0, 0.05) is 12.5 Å². The molecule has 0 saturated heterocycles. The molecular weight excluding hydrogens is 305 g/mol. The molecule has 2 rings (SSSR count). The fourth-order valence-corrected chi connectivity index (χ4v) is 3.53. The molecule has 2 aromatic rings. The lowest BCUT2D eigenvalue weighted by molar-refractivity contribution is 0.556. The van der Waals surface area contributed by atoms with Gasteiger partial charge in [0.1, 0.15) is 11.6 Å². The van der Waals surface area contributed by atoms with Gasteiger partial charge in [-0.2, -0.15) is 4.37 Å². The maximum Gasteiger partial charge on any atom is 0.174 e. The first-order valence-corrected chi connectivity index (χ1v) is 8.76. The van der Waals surface area contributed by atoms with Crippen molar-refractivity contribution in [1.29, 1.82) is 0 Å². The number of hydrogen-bond donors (Lipinski definition) is 1. The number of rotatable bonds is 7. The highest BCUT2D eigenvalue weighted by Crippen LogP contribution is 2.32. The van der Waals surface area contributed by atoms with Crippen LogP contribution in [0.4, 0.5) is 4.39 Å². The molecule has 1 N–H and O–H groups in total. The van der Waals surface area contributed by atoms with E-state index in [-0.39, 0.29) is 11.9 Å². The van der Waals surface area contributed by atoms with E-state index in [0.717, 1.165) is 35.1 Å². The molecule has 21 heavy (non-hydrogen) atoms. The van der Waals surface area contributed by atoms with Gasteiger partial charge in [0.2, 0.25) is 0 Å². The second kappa shape index (κ2) is 7.87. The molecule has 114 valence electrons. The van der Waals surface area contributed by atoms with E-state index in [1.54, 1.807) is 6.07 Å². The third-order valence-corrected chi connectivity index (χ3v) is 4.96. The molecule has 6 heteroatoms. The Morgan fingerprint density at radius 2 is 2.19 bits per heavy atom. The van der Waals surface area contributed by atoms with Crippen molar-refractivity contribution in [2.45, 2.75) is 48.9 Å². The Morgan fingerprint density at radius 1 is 1.38 bits per heavy atom. The van der Waals surface area contributed by atoms with Gasteiger partial charge in [0.05, 0.1) is 4.90 Å². The zero-order valence-corrected chi connectivity index (χ0v) is 14.2. The van der Waals surface area contributed by atoms with Crippen molar-refractivity contribution < 1.29 is 4.39 Å². The van der Waals surface area contributed by atoms with E-state index in [1.807, 2.05) is 19.1 Å². The van der Waals surface area contributed by atoms with Gasteiger partial charge in [0.15, 0.2) is 4.34 Å².